The molecule has 1 N–H and O–H groups in total. The Bertz CT molecular complexity index is 1030. The number of nitrogens with one attached hydrogen (secondary N) is 1. The van der Waals surface area contributed by atoms with Gasteiger partial charge in [0.25, 0.3) is 5.91 Å². The number of aromatic nitrogens is 3. The fourth-order valence-corrected chi connectivity index (χ4v) is 3.59. The topological polar surface area (TPSA) is 96.6 Å². The van der Waals surface area contributed by atoms with Gasteiger partial charge in [0.1, 0.15) is 0 Å². The quantitative estimate of drug-likeness (QED) is 0.599. The Labute approximate surface area is 171 Å². The zero-order valence-corrected chi connectivity index (χ0v) is 17.4. The molecule has 0 fully saturated rings. The maximum Gasteiger partial charge on any atom is 0.346 e. The van der Waals surface area contributed by atoms with Crippen LogP contribution in [0.2, 0.25) is 0 Å². The molecule has 3 rings (SSSR count). The summed E-state index contributed by atoms with van der Waals surface area (Å²) in [4.78, 5) is 25.8. The number of thiophene rings is 1. The fraction of sp³-hybridized carbons (Fsp3) is 0.316. The standard InChI is InChI=1S/C19H22N4O5S/c1-22-17(15-6-5-9-29-15)21-23(19(22)25)8-7-20-18(24)12-10-13(26-2)16(28-4)14(11-12)27-3/h5-6,9-11H,7-8H2,1-4H3,(H,20,24). The fourth-order valence-electron chi connectivity index (χ4n) is 2.84. The van der Waals surface area contributed by atoms with Crippen LogP contribution >= 0.6 is 11.3 Å². The first-order valence-electron chi connectivity index (χ1n) is 8.76. The van der Waals surface area contributed by atoms with E-state index in [9.17, 15) is 9.59 Å². The third kappa shape index (κ3) is 4.11. The van der Waals surface area contributed by atoms with Crippen LogP contribution in [-0.2, 0) is 13.6 Å². The molecule has 0 saturated heterocycles. The molecule has 2 heterocycles. The van der Waals surface area contributed by atoms with Gasteiger partial charge in [-0.25, -0.2) is 9.48 Å². The average molecular weight is 418 g/mol. The van der Waals surface area contributed by atoms with Gasteiger partial charge in [-0.1, -0.05) is 6.07 Å². The van der Waals surface area contributed by atoms with Crippen molar-refractivity contribution in [1.82, 2.24) is 19.7 Å². The van der Waals surface area contributed by atoms with E-state index in [1.807, 2.05) is 17.5 Å². The van der Waals surface area contributed by atoms with Gasteiger partial charge in [0, 0.05) is 19.2 Å². The van der Waals surface area contributed by atoms with E-state index in [1.54, 1.807) is 19.2 Å². The van der Waals surface area contributed by atoms with Crippen LogP contribution in [0.1, 0.15) is 10.4 Å². The minimum absolute atomic E-state index is 0.232. The van der Waals surface area contributed by atoms with Crippen molar-refractivity contribution in [1.29, 1.82) is 0 Å². The number of carbonyl (C=O) groups excluding carboxylic acids is 1. The van der Waals surface area contributed by atoms with Gasteiger partial charge in [-0.3, -0.25) is 9.36 Å². The summed E-state index contributed by atoms with van der Waals surface area (Å²) in [5.74, 6) is 1.46. The van der Waals surface area contributed by atoms with E-state index in [4.69, 9.17) is 14.2 Å². The first kappa shape index (κ1) is 20.5. The van der Waals surface area contributed by atoms with E-state index in [1.165, 1.54) is 41.9 Å². The van der Waals surface area contributed by atoms with Crippen LogP contribution in [-0.4, -0.2) is 48.1 Å². The lowest BCUT2D eigenvalue weighted by atomic mass is 10.1. The Hall–Kier alpha value is -3.27. The van der Waals surface area contributed by atoms with E-state index in [0.717, 1.165) is 4.88 Å². The Morgan fingerprint density at radius 3 is 2.41 bits per heavy atom. The first-order valence-corrected chi connectivity index (χ1v) is 9.64. The number of benzene rings is 1. The molecule has 0 atom stereocenters. The van der Waals surface area contributed by atoms with Crippen molar-refractivity contribution in [2.45, 2.75) is 6.54 Å². The van der Waals surface area contributed by atoms with Gasteiger partial charge < -0.3 is 19.5 Å². The molecule has 29 heavy (non-hydrogen) atoms. The normalized spacial score (nSPS) is 10.6. The Morgan fingerprint density at radius 2 is 1.86 bits per heavy atom. The number of hydrogen-bond acceptors (Lipinski definition) is 7. The number of rotatable bonds is 8. The predicted molar refractivity (Wildman–Crippen MR) is 109 cm³/mol. The molecule has 1 aromatic carbocycles. The van der Waals surface area contributed by atoms with Gasteiger partial charge in [-0.05, 0) is 23.6 Å². The van der Waals surface area contributed by atoms with Crippen molar-refractivity contribution in [3.63, 3.8) is 0 Å². The number of ether oxygens (including phenoxy) is 3. The molecular formula is C19H22N4O5S. The molecule has 0 aliphatic carbocycles. The third-order valence-corrected chi connectivity index (χ3v) is 5.18. The maximum atomic E-state index is 12.5. The molecule has 10 heteroatoms. The predicted octanol–water partition coefficient (Wildman–Crippen LogP) is 1.77. The molecule has 9 nitrogen and oxygen atoms in total. The second-order valence-electron chi connectivity index (χ2n) is 6.04. The van der Waals surface area contributed by atoms with Crippen LogP contribution in [0.4, 0.5) is 0 Å². The summed E-state index contributed by atoms with van der Waals surface area (Å²) < 4.78 is 18.6. The largest absolute Gasteiger partial charge is 0.493 e. The monoisotopic (exact) mass is 418 g/mol. The van der Waals surface area contributed by atoms with Crippen molar-refractivity contribution < 1.29 is 19.0 Å². The summed E-state index contributed by atoms with van der Waals surface area (Å²) in [6, 6.07) is 6.95. The minimum Gasteiger partial charge on any atom is -0.493 e. The zero-order chi connectivity index (χ0) is 21.0. The summed E-state index contributed by atoms with van der Waals surface area (Å²) in [5.41, 5.74) is 0.113. The van der Waals surface area contributed by atoms with E-state index >= 15 is 0 Å². The minimum atomic E-state index is -0.327. The Balaban J connectivity index is 1.71. The maximum absolute atomic E-state index is 12.5. The van der Waals surface area contributed by atoms with Crippen molar-refractivity contribution in [3.05, 3.63) is 45.7 Å². The van der Waals surface area contributed by atoms with Gasteiger partial charge in [0.05, 0.1) is 32.8 Å². The van der Waals surface area contributed by atoms with Crippen LogP contribution in [0, 0.1) is 0 Å². The lowest BCUT2D eigenvalue weighted by molar-refractivity contribution is 0.0951. The van der Waals surface area contributed by atoms with Crippen molar-refractivity contribution in [2.75, 3.05) is 27.9 Å². The molecule has 2 aromatic heterocycles. The smallest absolute Gasteiger partial charge is 0.346 e. The first-order chi connectivity index (χ1) is 14.0. The van der Waals surface area contributed by atoms with Crippen LogP contribution < -0.4 is 25.2 Å². The molecule has 0 radical (unpaired) electrons. The van der Waals surface area contributed by atoms with Crippen molar-refractivity contribution in [3.8, 4) is 28.0 Å². The zero-order valence-electron chi connectivity index (χ0n) is 16.6. The number of methoxy groups -OCH3 is 3. The van der Waals surface area contributed by atoms with Gasteiger partial charge >= 0.3 is 5.69 Å². The summed E-state index contributed by atoms with van der Waals surface area (Å²) in [5, 5.41) is 9.08. The van der Waals surface area contributed by atoms with Crippen LogP contribution in [0.15, 0.2) is 34.4 Å². The lowest BCUT2D eigenvalue weighted by Crippen LogP contribution is -2.31. The lowest BCUT2D eigenvalue weighted by Gasteiger charge is -2.14. The molecule has 3 aromatic rings. The number of hydrogen-bond donors (Lipinski definition) is 1. The van der Waals surface area contributed by atoms with E-state index in [0.29, 0.717) is 28.6 Å². The van der Waals surface area contributed by atoms with Crippen LogP contribution in [0.5, 0.6) is 17.2 Å². The molecule has 0 saturated carbocycles. The molecule has 0 spiro atoms. The summed E-state index contributed by atoms with van der Waals surface area (Å²) >= 11 is 1.51. The third-order valence-electron chi connectivity index (χ3n) is 4.32. The van der Waals surface area contributed by atoms with Crippen molar-refractivity contribution in [2.24, 2.45) is 7.05 Å². The van der Waals surface area contributed by atoms with E-state index in [2.05, 4.69) is 10.4 Å². The van der Waals surface area contributed by atoms with Crippen LogP contribution in [0.3, 0.4) is 0 Å². The second kappa shape index (κ2) is 8.82. The van der Waals surface area contributed by atoms with Gasteiger partial charge in [0.2, 0.25) is 5.75 Å². The molecule has 154 valence electrons. The number of nitrogens with zero attached hydrogens (tertiary/aromatic N) is 3. The summed E-state index contributed by atoms with van der Waals surface area (Å²) in [6.07, 6.45) is 0. The highest BCUT2D eigenvalue weighted by Gasteiger charge is 2.17. The highest BCUT2D eigenvalue weighted by Crippen LogP contribution is 2.38. The van der Waals surface area contributed by atoms with E-state index in [-0.39, 0.29) is 24.7 Å². The molecule has 0 aliphatic heterocycles. The highest BCUT2D eigenvalue weighted by molar-refractivity contribution is 7.13. The second-order valence-corrected chi connectivity index (χ2v) is 6.98. The summed E-state index contributed by atoms with van der Waals surface area (Å²) in [6.45, 7) is 0.477. The number of carbonyl (C=O) groups is 1. The molecule has 0 aliphatic rings. The van der Waals surface area contributed by atoms with Gasteiger partial charge in [-0.15, -0.1) is 16.4 Å². The van der Waals surface area contributed by atoms with Crippen molar-refractivity contribution >= 4 is 17.2 Å². The highest BCUT2D eigenvalue weighted by atomic mass is 32.1. The van der Waals surface area contributed by atoms with Gasteiger partial charge in [0.15, 0.2) is 17.3 Å². The van der Waals surface area contributed by atoms with Crippen LogP contribution in [0.25, 0.3) is 10.7 Å². The van der Waals surface area contributed by atoms with Gasteiger partial charge in [-0.2, -0.15) is 0 Å². The molecular weight excluding hydrogens is 396 g/mol. The SMILES string of the molecule is COc1cc(C(=O)NCCn2nc(-c3cccs3)n(C)c2=O)cc(OC)c1OC. The molecule has 0 unspecified atom stereocenters. The van der Waals surface area contributed by atoms with E-state index < -0.39 is 0 Å². The Kier molecular flexibility index (Phi) is 6.23. The Morgan fingerprint density at radius 1 is 1.17 bits per heavy atom. The molecule has 0 bridgehead atoms. The summed E-state index contributed by atoms with van der Waals surface area (Å²) in [7, 11) is 6.14. The number of amides is 1. The molecule has 1 amide bonds. The average Bonchev–Trinajstić information content (AvgIpc) is 3.36.